The van der Waals surface area contributed by atoms with Crippen LogP contribution >= 0.6 is 0 Å². The number of hydrogen-bond acceptors (Lipinski definition) is 4. The summed E-state index contributed by atoms with van der Waals surface area (Å²) in [6, 6.07) is 24.2. The number of rotatable bonds is 6. The van der Waals surface area contributed by atoms with Crippen molar-refractivity contribution in [3.05, 3.63) is 111 Å². The summed E-state index contributed by atoms with van der Waals surface area (Å²) in [6.45, 7) is 2.36. The molecular weight excluding hydrogens is 416 g/mol. The van der Waals surface area contributed by atoms with Crippen molar-refractivity contribution in [3.63, 3.8) is 0 Å². The summed E-state index contributed by atoms with van der Waals surface area (Å²) in [7, 11) is 0. The van der Waals surface area contributed by atoms with Crippen LogP contribution in [0.4, 0.5) is 11.4 Å². The summed E-state index contributed by atoms with van der Waals surface area (Å²) >= 11 is 0. The molecule has 4 rings (SSSR count). The fourth-order valence-electron chi connectivity index (χ4n) is 3.69. The van der Waals surface area contributed by atoms with E-state index in [1.807, 2.05) is 66.9 Å². The zero-order valence-corrected chi connectivity index (χ0v) is 17.9. The number of hydrogen-bond donors (Lipinski definition) is 1. The van der Waals surface area contributed by atoms with Gasteiger partial charge in [0.15, 0.2) is 0 Å². The molecule has 0 aliphatic rings. The fraction of sp³-hybridized carbons (Fsp3) is 0.0769. The van der Waals surface area contributed by atoms with Crippen LogP contribution in [0.3, 0.4) is 0 Å². The molecule has 1 heterocycles. The van der Waals surface area contributed by atoms with Crippen LogP contribution in [0.5, 0.6) is 0 Å². The van der Waals surface area contributed by atoms with Crippen LogP contribution < -0.4 is 5.32 Å². The van der Waals surface area contributed by atoms with Gasteiger partial charge in [0.1, 0.15) is 17.3 Å². The van der Waals surface area contributed by atoms with Crippen molar-refractivity contribution in [2.75, 3.05) is 5.32 Å². The number of aryl methyl sites for hydroxylation is 1. The van der Waals surface area contributed by atoms with Gasteiger partial charge in [-0.1, -0.05) is 54.6 Å². The Bertz CT molecular complexity index is 1430. The lowest BCUT2D eigenvalue weighted by Gasteiger charge is -2.06. The molecule has 0 saturated carbocycles. The number of nitro benzene ring substituents is 1. The van der Waals surface area contributed by atoms with Crippen molar-refractivity contribution >= 4 is 34.3 Å². The van der Waals surface area contributed by atoms with Gasteiger partial charge in [-0.2, -0.15) is 5.26 Å². The van der Waals surface area contributed by atoms with Crippen LogP contribution in [0.25, 0.3) is 17.0 Å². The van der Waals surface area contributed by atoms with E-state index in [2.05, 4.69) is 9.88 Å². The Morgan fingerprint density at radius 2 is 1.85 bits per heavy atom. The predicted octanol–water partition coefficient (Wildman–Crippen LogP) is 5.45. The molecule has 4 aromatic rings. The third-order valence-corrected chi connectivity index (χ3v) is 5.28. The molecule has 0 atom stereocenters. The van der Waals surface area contributed by atoms with Crippen molar-refractivity contribution in [2.45, 2.75) is 13.5 Å². The van der Waals surface area contributed by atoms with E-state index in [1.54, 1.807) is 13.0 Å². The maximum absolute atomic E-state index is 12.8. The molecule has 0 fully saturated rings. The van der Waals surface area contributed by atoms with Gasteiger partial charge in [0.25, 0.3) is 11.6 Å². The molecule has 7 nitrogen and oxygen atoms in total. The average Bonchev–Trinajstić information content (AvgIpc) is 3.16. The second-order valence-electron chi connectivity index (χ2n) is 7.62. The zero-order valence-electron chi connectivity index (χ0n) is 17.9. The number of amides is 1. The van der Waals surface area contributed by atoms with Crippen LogP contribution in [0, 0.1) is 28.4 Å². The summed E-state index contributed by atoms with van der Waals surface area (Å²) in [6.07, 6.45) is 3.41. The Balaban J connectivity index is 1.69. The minimum atomic E-state index is -0.704. The number of nitrogens with one attached hydrogen (secondary N) is 1. The molecule has 1 amide bonds. The highest BCUT2D eigenvalue weighted by Gasteiger charge is 2.19. The molecule has 1 N–H and O–H groups in total. The van der Waals surface area contributed by atoms with Gasteiger partial charge in [0.05, 0.1) is 4.92 Å². The number of nitriles is 1. The molecule has 0 radical (unpaired) electrons. The van der Waals surface area contributed by atoms with E-state index >= 15 is 0 Å². The van der Waals surface area contributed by atoms with E-state index in [4.69, 9.17) is 0 Å². The van der Waals surface area contributed by atoms with Crippen LogP contribution in [-0.4, -0.2) is 15.4 Å². The number of nitrogens with zero attached hydrogens (tertiary/aromatic N) is 3. The lowest BCUT2D eigenvalue weighted by Crippen LogP contribution is -2.14. The number of anilines is 1. The number of nitro groups is 1. The first-order chi connectivity index (χ1) is 16.0. The molecule has 7 heteroatoms. The monoisotopic (exact) mass is 436 g/mol. The van der Waals surface area contributed by atoms with Gasteiger partial charge in [0, 0.05) is 35.3 Å². The van der Waals surface area contributed by atoms with Crippen LogP contribution in [-0.2, 0) is 11.3 Å². The van der Waals surface area contributed by atoms with Gasteiger partial charge in [-0.3, -0.25) is 14.9 Å². The molecule has 0 bridgehead atoms. The largest absolute Gasteiger partial charge is 0.342 e. The third-order valence-electron chi connectivity index (χ3n) is 5.28. The summed E-state index contributed by atoms with van der Waals surface area (Å²) in [4.78, 5) is 23.6. The number of aromatic nitrogens is 1. The summed E-state index contributed by atoms with van der Waals surface area (Å²) in [5.41, 5.74) is 3.18. The van der Waals surface area contributed by atoms with Crippen molar-refractivity contribution in [1.29, 1.82) is 5.26 Å². The van der Waals surface area contributed by atoms with Crippen LogP contribution in [0.2, 0.25) is 0 Å². The first-order valence-electron chi connectivity index (χ1n) is 10.3. The van der Waals surface area contributed by atoms with Gasteiger partial charge in [-0.25, -0.2) is 0 Å². The van der Waals surface area contributed by atoms with Crippen molar-refractivity contribution < 1.29 is 9.72 Å². The summed E-state index contributed by atoms with van der Waals surface area (Å²) in [5.74, 6) is -0.704. The SMILES string of the molecule is Cc1ccc(NC(=O)C(C#N)=Cc2cn(Cc3ccccc3)c3ccccc23)c([N+](=O)[O-])c1. The van der Waals surface area contributed by atoms with E-state index < -0.39 is 10.8 Å². The van der Waals surface area contributed by atoms with E-state index in [0.29, 0.717) is 17.7 Å². The lowest BCUT2D eigenvalue weighted by molar-refractivity contribution is -0.384. The Kier molecular flexibility index (Phi) is 6.00. The predicted molar refractivity (Wildman–Crippen MR) is 128 cm³/mol. The van der Waals surface area contributed by atoms with E-state index in [9.17, 15) is 20.2 Å². The fourth-order valence-corrected chi connectivity index (χ4v) is 3.69. The average molecular weight is 436 g/mol. The number of para-hydroxylation sites is 1. The van der Waals surface area contributed by atoms with Gasteiger partial charge >= 0.3 is 0 Å². The van der Waals surface area contributed by atoms with Crippen LogP contribution in [0.1, 0.15) is 16.7 Å². The molecule has 1 aromatic heterocycles. The van der Waals surface area contributed by atoms with Crippen molar-refractivity contribution in [3.8, 4) is 6.07 Å². The Hall–Kier alpha value is -4.70. The van der Waals surface area contributed by atoms with Gasteiger partial charge in [-0.15, -0.1) is 0 Å². The first-order valence-corrected chi connectivity index (χ1v) is 10.3. The lowest BCUT2D eigenvalue weighted by atomic mass is 10.1. The molecule has 0 saturated heterocycles. The molecular formula is C26H20N4O3. The minimum absolute atomic E-state index is 0.0447. The first kappa shape index (κ1) is 21.5. The zero-order chi connectivity index (χ0) is 23.4. The Labute approximate surface area is 190 Å². The van der Waals surface area contributed by atoms with E-state index in [-0.39, 0.29) is 16.9 Å². The molecule has 0 aliphatic heterocycles. The van der Waals surface area contributed by atoms with Gasteiger partial charge < -0.3 is 9.88 Å². The maximum Gasteiger partial charge on any atom is 0.293 e. The molecule has 0 spiro atoms. The van der Waals surface area contributed by atoms with Crippen molar-refractivity contribution in [2.24, 2.45) is 0 Å². The Morgan fingerprint density at radius 1 is 1.12 bits per heavy atom. The number of fused-ring (bicyclic) bond motifs is 1. The van der Waals surface area contributed by atoms with Crippen LogP contribution in [0.15, 0.2) is 84.6 Å². The number of carbonyl (C=O) groups is 1. The van der Waals surface area contributed by atoms with Gasteiger partial charge in [-0.05, 0) is 36.3 Å². The topological polar surface area (TPSA) is 101 Å². The molecule has 3 aromatic carbocycles. The number of benzene rings is 3. The van der Waals surface area contributed by atoms with Crippen molar-refractivity contribution in [1.82, 2.24) is 4.57 Å². The maximum atomic E-state index is 12.8. The minimum Gasteiger partial charge on any atom is -0.342 e. The van der Waals surface area contributed by atoms with E-state index in [0.717, 1.165) is 16.5 Å². The molecule has 0 unspecified atom stereocenters. The highest BCUT2D eigenvalue weighted by atomic mass is 16.6. The smallest absolute Gasteiger partial charge is 0.293 e. The molecule has 0 aliphatic carbocycles. The second kappa shape index (κ2) is 9.20. The third kappa shape index (κ3) is 4.65. The second-order valence-corrected chi connectivity index (χ2v) is 7.62. The quantitative estimate of drug-likeness (QED) is 0.188. The molecule has 33 heavy (non-hydrogen) atoms. The number of carbonyl (C=O) groups excluding carboxylic acids is 1. The highest BCUT2D eigenvalue weighted by Crippen LogP contribution is 2.27. The highest BCUT2D eigenvalue weighted by molar-refractivity contribution is 6.11. The Morgan fingerprint density at radius 3 is 2.58 bits per heavy atom. The summed E-state index contributed by atoms with van der Waals surface area (Å²) < 4.78 is 2.06. The normalized spacial score (nSPS) is 11.2. The van der Waals surface area contributed by atoms with Gasteiger partial charge in [0.2, 0.25) is 0 Å². The van der Waals surface area contributed by atoms with E-state index in [1.165, 1.54) is 18.2 Å². The summed E-state index contributed by atoms with van der Waals surface area (Å²) in [5, 5.41) is 24.4. The molecule has 162 valence electrons. The standard InChI is InChI=1S/C26H20N4O3/c1-18-11-12-23(25(13-18)30(32)33)28-26(31)20(15-27)14-21-17-29(16-19-7-3-2-4-8-19)24-10-6-5-9-22(21)24/h2-14,17H,16H2,1H3,(H,28,31).